The first-order valence-electron chi connectivity index (χ1n) is 11.9. The van der Waals surface area contributed by atoms with Gasteiger partial charge in [0.1, 0.15) is 0 Å². The Morgan fingerprint density at radius 1 is 0.432 bits per heavy atom. The molecule has 0 atom stereocenters. The van der Waals surface area contributed by atoms with Gasteiger partial charge in [0, 0.05) is 22.5 Å². The van der Waals surface area contributed by atoms with Crippen LogP contribution in [0.5, 0.6) is 0 Å². The van der Waals surface area contributed by atoms with E-state index in [2.05, 4.69) is 0 Å². The van der Waals surface area contributed by atoms with Crippen molar-refractivity contribution >= 4 is 42.8 Å². The van der Waals surface area contributed by atoms with E-state index >= 15 is 0 Å². The van der Waals surface area contributed by atoms with Gasteiger partial charge in [0.15, 0.2) is 0 Å². The third-order valence-corrected chi connectivity index (χ3v) is 8.60. The Kier molecular flexibility index (Phi) is 5.43. The van der Waals surface area contributed by atoms with Gasteiger partial charge in [-0.1, -0.05) is 84.9 Å². The fourth-order valence-corrected chi connectivity index (χ4v) is 6.69. The van der Waals surface area contributed by atoms with Crippen molar-refractivity contribution in [2.75, 3.05) is 11.5 Å². The molecular formula is C32H24N2O2S. The number of fused-ring (bicyclic) bond motifs is 2. The molecule has 0 aliphatic heterocycles. The molecule has 6 rings (SSSR count). The fraction of sp³-hybridized carbons (Fsp3) is 0. The molecule has 0 bridgehead atoms. The summed E-state index contributed by atoms with van der Waals surface area (Å²) in [7, 11) is -3.96. The first-order chi connectivity index (χ1) is 17.9. The fourth-order valence-electron chi connectivity index (χ4n) is 4.96. The smallest absolute Gasteiger partial charge is 0.207 e. The predicted octanol–water partition coefficient (Wildman–Crippen LogP) is 7.32. The molecule has 37 heavy (non-hydrogen) atoms. The summed E-state index contributed by atoms with van der Waals surface area (Å²) in [4.78, 5) is 0.505. The maximum absolute atomic E-state index is 14.6. The van der Waals surface area contributed by atoms with Crippen molar-refractivity contribution in [3.8, 4) is 22.3 Å². The molecule has 180 valence electrons. The Morgan fingerprint density at radius 2 is 0.811 bits per heavy atom. The number of anilines is 2. The Balaban J connectivity index is 1.69. The van der Waals surface area contributed by atoms with Crippen molar-refractivity contribution in [2.24, 2.45) is 0 Å². The van der Waals surface area contributed by atoms with E-state index in [1.54, 1.807) is 36.4 Å². The number of nitrogen functional groups attached to an aromatic ring is 2. The Labute approximate surface area is 215 Å². The van der Waals surface area contributed by atoms with Crippen molar-refractivity contribution in [1.29, 1.82) is 0 Å². The minimum Gasteiger partial charge on any atom is -0.399 e. The molecule has 6 aromatic carbocycles. The lowest BCUT2D eigenvalue weighted by molar-refractivity contribution is 0.597. The van der Waals surface area contributed by atoms with E-state index in [0.717, 1.165) is 32.7 Å². The maximum Gasteiger partial charge on any atom is 0.207 e. The molecule has 6 aromatic rings. The van der Waals surface area contributed by atoms with Crippen molar-refractivity contribution in [1.82, 2.24) is 0 Å². The van der Waals surface area contributed by atoms with Crippen LogP contribution in [0.15, 0.2) is 131 Å². The average Bonchev–Trinajstić information content (AvgIpc) is 2.93. The second kappa shape index (κ2) is 8.80. The summed E-state index contributed by atoms with van der Waals surface area (Å²) in [6.45, 7) is 0. The Morgan fingerprint density at radius 3 is 1.22 bits per heavy atom. The van der Waals surface area contributed by atoms with Crippen LogP contribution in [0.2, 0.25) is 0 Å². The van der Waals surface area contributed by atoms with Gasteiger partial charge in [-0.05, 0) is 69.1 Å². The number of hydrogen-bond acceptors (Lipinski definition) is 4. The lowest BCUT2D eigenvalue weighted by atomic mass is 9.98. The summed E-state index contributed by atoms with van der Waals surface area (Å²) < 4.78 is 29.2. The van der Waals surface area contributed by atoms with Gasteiger partial charge >= 0.3 is 0 Å². The molecule has 0 saturated heterocycles. The summed E-state index contributed by atoms with van der Waals surface area (Å²) in [6, 6.07) is 37.5. The van der Waals surface area contributed by atoms with Gasteiger partial charge < -0.3 is 11.5 Å². The van der Waals surface area contributed by atoms with Gasteiger partial charge in [0.2, 0.25) is 9.84 Å². The van der Waals surface area contributed by atoms with Crippen LogP contribution in [-0.2, 0) is 9.84 Å². The minimum absolute atomic E-state index is 0.253. The highest BCUT2D eigenvalue weighted by Gasteiger charge is 2.27. The molecule has 0 radical (unpaired) electrons. The highest BCUT2D eigenvalue weighted by atomic mass is 32.2. The van der Waals surface area contributed by atoms with E-state index in [0.29, 0.717) is 22.5 Å². The van der Waals surface area contributed by atoms with E-state index in [1.165, 1.54) is 0 Å². The number of nitrogens with two attached hydrogens (primary N) is 2. The molecule has 0 aromatic heterocycles. The molecule has 0 fully saturated rings. The molecular weight excluding hydrogens is 476 g/mol. The number of rotatable bonds is 4. The summed E-state index contributed by atoms with van der Waals surface area (Å²) >= 11 is 0. The molecule has 0 aliphatic rings. The number of sulfone groups is 1. The van der Waals surface area contributed by atoms with E-state index in [4.69, 9.17) is 11.5 Å². The van der Waals surface area contributed by atoms with Crippen LogP contribution in [0, 0.1) is 0 Å². The topological polar surface area (TPSA) is 86.2 Å². The van der Waals surface area contributed by atoms with E-state index in [1.807, 2.05) is 84.9 Å². The average molecular weight is 501 g/mol. The van der Waals surface area contributed by atoms with Crippen molar-refractivity contribution in [2.45, 2.75) is 9.79 Å². The molecule has 5 heteroatoms. The molecule has 0 amide bonds. The van der Waals surface area contributed by atoms with Crippen LogP contribution < -0.4 is 11.5 Å². The van der Waals surface area contributed by atoms with Crippen LogP contribution in [0.4, 0.5) is 11.4 Å². The molecule has 4 N–H and O–H groups in total. The zero-order valence-corrected chi connectivity index (χ0v) is 20.7. The zero-order valence-electron chi connectivity index (χ0n) is 19.9. The van der Waals surface area contributed by atoms with Crippen LogP contribution in [-0.4, -0.2) is 8.42 Å². The molecule has 0 spiro atoms. The second-order valence-corrected chi connectivity index (χ2v) is 11.0. The van der Waals surface area contributed by atoms with Crippen LogP contribution >= 0.6 is 0 Å². The van der Waals surface area contributed by atoms with Gasteiger partial charge in [0.05, 0.1) is 9.79 Å². The summed E-state index contributed by atoms with van der Waals surface area (Å²) in [6.07, 6.45) is 0. The monoisotopic (exact) mass is 500 g/mol. The van der Waals surface area contributed by atoms with Gasteiger partial charge in [0.25, 0.3) is 0 Å². The third-order valence-electron chi connectivity index (χ3n) is 6.76. The highest BCUT2D eigenvalue weighted by Crippen LogP contribution is 2.42. The first-order valence-corrected chi connectivity index (χ1v) is 13.4. The zero-order chi connectivity index (χ0) is 25.6. The Hall–Kier alpha value is -4.61. The number of benzene rings is 6. The van der Waals surface area contributed by atoms with Gasteiger partial charge in [-0.15, -0.1) is 0 Å². The molecule has 0 heterocycles. The second-order valence-electron chi connectivity index (χ2n) is 9.07. The molecule has 0 aliphatic carbocycles. The lowest BCUT2D eigenvalue weighted by Crippen LogP contribution is -2.07. The Bertz CT molecular complexity index is 1760. The van der Waals surface area contributed by atoms with E-state index in [9.17, 15) is 8.42 Å². The molecule has 0 unspecified atom stereocenters. The SMILES string of the molecule is Nc1ccc(-c2c(S(=O)(=O)c3ccc4ccccc4c3-c3ccc(N)cc3)ccc3ccccc23)cc1. The lowest BCUT2D eigenvalue weighted by Gasteiger charge is -2.18. The van der Waals surface area contributed by atoms with Crippen molar-refractivity contribution in [3.05, 3.63) is 121 Å². The maximum atomic E-state index is 14.6. The van der Waals surface area contributed by atoms with Crippen molar-refractivity contribution < 1.29 is 8.42 Å². The predicted molar refractivity (Wildman–Crippen MR) is 153 cm³/mol. The third kappa shape index (κ3) is 3.90. The molecule has 0 saturated carbocycles. The quantitative estimate of drug-likeness (QED) is 0.248. The largest absolute Gasteiger partial charge is 0.399 e. The summed E-state index contributed by atoms with van der Waals surface area (Å²) in [5, 5.41) is 3.66. The van der Waals surface area contributed by atoms with Gasteiger partial charge in [-0.3, -0.25) is 0 Å². The van der Waals surface area contributed by atoms with E-state index < -0.39 is 9.84 Å². The summed E-state index contributed by atoms with van der Waals surface area (Å²) in [5.41, 5.74) is 16.0. The van der Waals surface area contributed by atoms with Crippen molar-refractivity contribution in [3.63, 3.8) is 0 Å². The normalized spacial score (nSPS) is 11.7. The first kappa shape index (κ1) is 22.8. The van der Waals surface area contributed by atoms with E-state index in [-0.39, 0.29) is 9.79 Å². The van der Waals surface area contributed by atoms with Crippen LogP contribution in [0.1, 0.15) is 0 Å². The number of hydrogen-bond donors (Lipinski definition) is 2. The van der Waals surface area contributed by atoms with Gasteiger partial charge in [-0.2, -0.15) is 0 Å². The van der Waals surface area contributed by atoms with Crippen LogP contribution in [0.25, 0.3) is 43.8 Å². The van der Waals surface area contributed by atoms with Gasteiger partial charge in [-0.25, -0.2) is 8.42 Å². The standard InChI is InChI=1S/C32H24N2O2S/c33-25-15-9-23(10-16-25)31-27-7-3-1-5-21(27)13-19-29(31)37(35,36)30-20-14-22-6-2-4-8-28(22)32(30)24-11-17-26(34)18-12-24/h1-20H,33-34H2. The van der Waals surface area contributed by atoms with Crippen LogP contribution in [0.3, 0.4) is 0 Å². The molecule has 4 nitrogen and oxygen atoms in total. The summed E-state index contributed by atoms with van der Waals surface area (Å²) in [5.74, 6) is 0. The highest BCUT2D eigenvalue weighted by molar-refractivity contribution is 7.91. The minimum atomic E-state index is -3.96.